The van der Waals surface area contributed by atoms with E-state index < -0.39 is 0 Å². The number of aliphatic hydroxyl groups is 1. The second kappa shape index (κ2) is 21.1. The Morgan fingerprint density at radius 3 is 1.81 bits per heavy atom. The first-order chi connectivity index (χ1) is 12.8. The first-order valence-electron chi connectivity index (χ1n) is 10.2. The van der Waals surface area contributed by atoms with E-state index >= 15 is 0 Å². The van der Waals surface area contributed by atoms with E-state index in [1.54, 1.807) is 6.08 Å². The molecule has 2 heteroatoms. The zero-order chi connectivity index (χ0) is 19.1. The number of allylic oxidation sites excluding steroid dienone is 10. The molecule has 0 aromatic carbocycles. The van der Waals surface area contributed by atoms with E-state index in [2.05, 4.69) is 25.2 Å². The van der Waals surface area contributed by atoms with Crippen molar-refractivity contribution in [2.24, 2.45) is 0 Å². The number of unbranched alkanes of at least 4 members (excludes halogenated alkanes) is 8. The summed E-state index contributed by atoms with van der Waals surface area (Å²) in [5.74, 6) is 0.461. The smallest absolute Gasteiger partial charge is 0.153 e. The zero-order valence-electron chi connectivity index (χ0n) is 16.8. The van der Waals surface area contributed by atoms with Crippen molar-refractivity contribution in [2.75, 3.05) is 6.61 Å². The lowest BCUT2D eigenvalue weighted by molar-refractivity contribution is 0.229. The molecule has 0 atom stereocenters. The molecule has 0 aromatic heterocycles. The summed E-state index contributed by atoms with van der Waals surface area (Å²) in [6.07, 6.45) is 32.9. The van der Waals surface area contributed by atoms with Crippen molar-refractivity contribution in [3.05, 3.63) is 72.8 Å². The van der Waals surface area contributed by atoms with E-state index in [1.165, 1.54) is 57.8 Å². The second-order valence-electron chi connectivity index (χ2n) is 6.17. The summed E-state index contributed by atoms with van der Waals surface area (Å²) in [7, 11) is 0. The van der Waals surface area contributed by atoms with Gasteiger partial charge in [-0.25, -0.2) is 0 Å². The largest absolute Gasteiger partial charge is 0.512 e. The lowest BCUT2D eigenvalue weighted by Gasteiger charge is -1.99. The molecule has 0 rings (SSSR count). The molecule has 0 spiro atoms. The van der Waals surface area contributed by atoms with Gasteiger partial charge in [-0.15, -0.1) is 0 Å². The molecule has 0 saturated heterocycles. The Morgan fingerprint density at radius 1 is 0.692 bits per heavy atom. The highest BCUT2D eigenvalue weighted by Crippen LogP contribution is 2.09. The lowest BCUT2D eigenvalue weighted by atomic mass is 10.1. The summed E-state index contributed by atoms with van der Waals surface area (Å²) in [6, 6.07) is 0. The standard InChI is InChI=1S/C24H38O2/c1-3-5-6-7-8-9-10-11-12-13-14-15-16-17-18-19-20-21-22-24(23-25)26-4-2/h13-23,25H,3-12H2,1-2H3. The summed E-state index contributed by atoms with van der Waals surface area (Å²) in [5.41, 5.74) is 0. The van der Waals surface area contributed by atoms with Gasteiger partial charge in [-0.05, 0) is 25.8 Å². The Labute approximate surface area is 161 Å². The summed E-state index contributed by atoms with van der Waals surface area (Å²) >= 11 is 0. The predicted octanol–water partition coefficient (Wildman–Crippen LogP) is 7.73. The Bertz CT molecular complexity index is 465. The maximum absolute atomic E-state index is 8.91. The van der Waals surface area contributed by atoms with E-state index in [0.717, 1.165) is 6.26 Å². The van der Waals surface area contributed by atoms with Gasteiger partial charge >= 0.3 is 0 Å². The van der Waals surface area contributed by atoms with Crippen LogP contribution < -0.4 is 0 Å². The first-order valence-corrected chi connectivity index (χ1v) is 10.2. The summed E-state index contributed by atoms with van der Waals surface area (Å²) < 4.78 is 5.18. The second-order valence-corrected chi connectivity index (χ2v) is 6.17. The third kappa shape index (κ3) is 18.4. The molecule has 0 aromatic rings. The topological polar surface area (TPSA) is 29.5 Å². The monoisotopic (exact) mass is 358 g/mol. The van der Waals surface area contributed by atoms with Gasteiger partial charge in [0.05, 0.1) is 6.61 Å². The van der Waals surface area contributed by atoms with Gasteiger partial charge in [0.15, 0.2) is 5.76 Å². The molecule has 0 heterocycles. The fourth-order valence-electron chi connectivity index (χ4n) is 2.40. The van der Waals surface area contributed by atoms with Crippen molar-refractivity contribution in [3.8, 4) is 0 Å². The fourth-order valence-corrected chi connectivity index (χ4v) is 2.40. The van der Waals surface area contributed by atoms with Crippen LogP contribution in [0.2, 0.25) is 0 Å². The average Bonchev–Trinajstić information content (AvgIpc) is 2.66. The highest BCUT2D eigenvalue weighted by molar-refractivity contribution is 5.20. The minimum Gasteiger partial charge on any atom is -0.512 e. The van der Waals surface area contributed by atoms with E-state index in [-0.39, 0.29) is 0 Å². The SMILES string of the molecule is CCCCCCCCCCC=CC=CC=CC=CC=CC(=CO)OCC. The van der Waals surface area contributed by atoms with Crippen LogP contribution >= 0.6 is 0 Å². The van der Waals surface area contributed by atoms with Crippen LogP contribution in [0.15, 0.2) is 72.8 Å². The Hall–Kier alpha value is -1.96. The molecule has 0 aliphatic carbocycles. The van der Waals surface area contributed by atoms with Crippen molar-refractivity contribution in [1.82, 2.24) is 0 Å². The molecule has 0 aliphatic rings. The van der Waals surface area contributed by atoms with E-state index in [1.807, 2.05) is 43.4 Å². The van der Waals surface area contributed by atoms with Crippen LogP contribution in [-0.4, -0.2) is 11.7 Å². The molecule has 26 heavy (non-hydrogen) atoms. The molecule has 0 bridgehead atoms. The lowest BCUT2D eigenvalue weighted by Crippen LogP contribution is -1.87. The van der Waals surface area contributed by atoms with Crippen LogP contribution in [-0.2, 0) is 4.74 Å². The molecular weight excluding hydrogens is 320 g/mol. The molecular formula is C24H38O2. The number of hydrogen-bond donors (Lipinski definition) is 1. The maximum atomic E-state index is 8.91. The van der Waals surface area contributed by atoms with Gasteiger partial charge in [-0.3, -0.25) is 0 Å². The quantitative estimate of drug-likeness (QED) is 0.174. The van der Waals surface area contributed by atoms with Crippen LogP contribution in [0, 0.1) is 0 Å². The van der Waals surface area contributed by atoms with Crippen LogP contribution in [0.25, 0.3) is 0 Å². The molecule has 0 radical (unpaired) electrons. The van der Waals surface area contributed by atoms with E-state index in [4.69, 9.17) is 9.84 Å². The molecule has 2 nitrogen and oxygen atoms in total. The molecule has 0 fully saturated rings. The van der Waals surface area contributed by atoms with Crippen LogP contribution in [0.4, 0.5) is 0 Å². The first kappa shape index (κ1) is 24.0. The highest BCUT2D eigenvalue weighted by atomic mass is 16.5. The van der Waals surface area contributed by atoms with Crippen molar-refractivity contribution < 1.29 is 9.84 Å². The van der Waals surface area contributed by atoms with Gasteiger partial charge in [0.1, 0.15) is 6.26 Å². The van der Waals surface area contributed by atoms with Gasteiger partial charge in [-0.2, -0.15) is 0 Å². The predicted molar refractivity (Wildman–Crippen MR) is 115 cm³/mol. The third-order valence-corrected chi connectivity index (χ3v) is 3.84. The molecule has 0 aliphatic heterocycles. The minimum atomic E-state index is 0.461. The van der Waals surface area contributed by atoms with Crippen LogP contribution in [0.3, 0.4) is 0 Å². The van der Waals surface area contributed by atoms with Gasteiger partial charge < -0.3 is 9.84 Å². The van der Waals surface area contributed by atoms with Crippen LogP contribution in [0.1, 0.15) is 71.6 Å². The summed E-state index contributed by atoms with van der Waals surface area (Å²) in [5, 5.41) is 8.91. The maximum Gasteiger partial charge on any atom is 0.153 e. The van der Waals surface area contributed by atoms with Gasteiger partial charge in [0, 0.05) is 0 Å². The number of ether oxygens (including phenoxy) is 1. The van der Waals surface area contributed by atoms with Crippen molar-refractivity contribution in [3.63, 3.8) is 0 Å². The normalized spacial score (nSPS) is 13.4. The summed E-state index contributed by atoms with van der Waals surface area (Å²) in [6.45, 7) is 4.69. The minimum absolute atomic E-state index is 0.461. The zero-order valence-corrected chi connectivity index (χ0v) is 16.8. The molecule has 0 saturated carbocycles. The van der Waals surface area contributed by atoms with Crippen molar-refractivity contribution in [2.45, 2.75) is 71.6 Å². The Morgan fingerprint density at radius 2 is 1.23 bits per heavy atom. The van der Waals surface area contributed by atoms with Crippen LogP contribution in [0.5, 0.6) is 0 Å². The third-order valence-electron chi connectivity index (χ3n) is 3.84. The average molecular weight is 359 g/mol. The molecule has 0 amide bonds. The van der Waals surface area contributed by atoms with Gasteiger partial charge in [-0.1, -0.05) is 107 Å². The summed E-state index contributed by atoms with van der Waals surface area (Å²) in [4.78, 5) is 0. The molecule has 0 unspecified atom stereocenters. The number of rotatable bonds is 16. The van der Waals surface area contributed by atoms with Crippen molar-refractivity contribution >= 4 is 0 Å². The highest BCUT2D eigenvalue weighted by Gasteiger charge is 1.90. The number of hydrogen-bond acceptors (Lipinski definition) is 2. The van der Waals surface area contributed by atoms with Gasteiger partial charge in [0.2, 0.25) is 0 Å². The Kier molecular flexibility index (Phi) is 19.5. The van der Waals surface area contributed by atoms with Crippen molar-refractivity contribution in [1.29, 1.82) is 0 Å². The van der Waals surface area contributed by atoms with E-state index in [9.17, 15) is 0 Å². The Balaban J connectivity index is 3.64. The molecule has 146 valence electrons. The van der Waals surface area contributed by atoms with E-state index in [0.29, 0.717) is 12.4 Å². The van der Waals surface area contributed by atoms with Gasteiger partial charge in [0.25, 0.3) is 0 Å². The molecule has 1 N–H and O–H groups in total. The number of aliphatic hydroxyl groups excluding tert-OH is 1. The fraction of sp³-hybridized carbons (Fsp3) is 0.500.